The highest BCUT2D eigenvalue weighted by molar-refractivity contribution is 5.84. The number of ether oxygens (including phenoxy) is 1. The minimum absolute atomic E-state index is 0.0431. The minimum Gasteiger partial charge on any atom is -0.366 e. The Bertz CT molecular complexity index is 440. The van der Waals surface area contributed by atoms with Gasteiger partial charge in [0.15, 0.2) is 5.78 Å². The molecule has 0 aliphatic rings. The second-order valence-electron chi connectivity index (χ2n) is 4.62. The Morgan fingerprint density at radius 2 is 1.80 bits per heavy atom. The van der Waals surface area contributed by atoms with Crippen LogP contribution in [0.15, 0.2) is 24.3 Å². The maximum absolute atomic E-state index is 12.9. The van der Waals surface area contributed by atoms with Gasteiger partial charge in [-0.05, 0) is 24.1 Å². The van der Waals surface area contributed by atoms with E-state index in [0.717, 1.165) is 0 Å². The standard InChI is InChI=1S/C16H21FO3/c1-3-14(18)6-5-11-20-16(15(19)4-2)12-7-9-13(17)10-8-12/h7-10,16H,3-6,11H2,1-2H3. The molecule has 0 amide bonds. The summed E-state index contributed by atoms with van der Waals surface area (Å²) < 4.78 is 18.5. The van der Waals surface area contributed by atoms with E-state index < -0.39 is 6.10 Å². The van der Waals surface area contributed by atoms with Crippen LogP contribution in [0.1, 0.15) is 51.2 Å². The number of benzene rings is 1. The lowest BCUT2D eigenvalue weighted by molar-refractivity contribution is -0.130. The van der Waals surface area contributed by atoms with Gasteiger partial charge in [0.1, 0.15) is 17.7 Å². The molecule has 1 aromatic carbocycles. The van der Waals surface area contributed by atoms with Gasteiger partial charge < -0.3 is 4.74 Å². The van der Waals surface area contributed by atoms with E-state index in [9.17, 15) is 14.0 Å². The van der Waals surface area contributed by atoms with E-state index in [-0.39, 0.29) is 17.4 Å². The smallest absolute Gasteiger partial charge is 0.165 e. The van der Waals surface area contributed by atoms with Gasteiger partial charge in [0, 0.05) is 25.9 Å². The Labute approximate surface area is 119 Å². The summed E-state index contributed by atoms with van der Waals surface area (Å²) in [5.74, 6) is -0.197. The van der Waals surface area contributed by atoms with Gasteiger partial charge in [-0.3, -0.25) is 9.59 Å². The first kappa shape index (κ1) is 16.5. The highest BCUT2D eigenvalue weighted by Gasteiger charge is 2.19. The van der Waals surface area contributed by atoms with Crippen molar-refractivity contribution in [2.45, 2.75) is 45.6 Å². The van der Waals surface area contributed by atoms with Crippen molar-refractivity contribution in [3.05, 3.63) is 35.6 Å². The molecule has 110 valence electrons. The number of Topliss-reactive ketones (excluding diaryl/α,β-unsaturated/α-hetero) is 2. The van der Waals surface area contributed by atoms with Crippen LogP contribution in [0, 0.1) is 5.82 Å². The van der Waals surface area contributed by atoms with Crippen molar-refractivity contribution in [3.63, 3.8) is 0 Å². The van der Waals surface area contributed by atoms with Crippen molar-refractivity contribution >= 4 is 11.6 Å². The van der Waals surface area contributed by atoms with Crippen molar-refractivity contribution in [1.29, 1.82) is 0 Å². The zero-order valence-electron chi connectivity index (χ0n) is 12.0. The Morgan fingerprint density at radius 1 is 1.15 bits per heavy atom. The molecule has 1 aromatic rings. The van der Waals surface area contributed by atoms with E-state index in [0.29, 0.717) is 37.9 Å². The average Bonchev–Trinajstić information content (AvgIpc) is 2.47. The zero-order chi connectivity index (χ0) is 15.0. The molecular formula is C16H21FO3. The predicted molar refractivity (Wildman–Crippen MR) is 74.9 cm³/mol. The van der Waals surface area contributed by atoms with Crippen LogP contribution in [0.3, 0.4) is 0 Å². The van der Waals surface area contributed by atoms with Crippen LogP contribution in [0.2, 0.25) is 0 Å². The second kappa shape index (κ2) is 8.59. The van der Waals surface area contributed by atoms with E-state index in [1.54, 1.807) is 19.1 Å². The van der Waals surface area contributed by atoms with Gasteiger partial charge >= 0.3 is 0 Å². The molecule has 1 rings (SSSR count). The summed E-state index contributed by atoms with van der Waals surface area (Å²) in [4.78, 5) is 23.1. The van der Waals surface area contributed by atoms with Gasteiger partial charge in [-0.1, -0.05) is 26.0 Å². The molecule has 1 unspecified atom stereocenters. The van der Waals surface area contributed by atoms with Crippen LogP contribution >= 0.6 is 0 Å². The van der Waals surface area contributed by atoms with Crippen LogP contribution in [0.5, 0.6) is 0 Å². The van der Waals surface area contributed by atoms with Crippen molar-refractivity contribution in [2.75, 3.05) is 6.61 Å². The molecule has 0 saturated heterocycles. The lowest BCUT2D eigenvalue weighted by Gasteiger charge is -2.16. The molecule has 0 aliphatic heterocycles. The Morgan fingerprint density at radius 3 is 2.35 bits per heavy atom. The quantitative estimate of drug-likeness (QED) is 0.649. The molecule has 3 nitrogen and oxygen atoms in total. The van der Waals surface area contributed by atoms with Gasteiger partial charge in [0.25, 0.3) is 0 Å². The van der Waals surface area contributed by atoms with E-state index in [2.05, 4.69) is 0 Å². The normalized spacial score (nSPS) is 12.2. The summed E-state index contributed by atoms with van der Waals surface area (Å²) in [5.41, 5.74) is 0.653. The first-order chi connectivity index (χ1) is 9.58. The molecule has 20 heavy (non-hydrogen) atoms. The third-order valence-electron chi connectivity index (χ3n) is 3.09. The highest BCUT2D eigenvalue weighted by Crippen LogP contribution is 2.21. The average molecular weight is 280 g/mol. The van der Waals surface area contributed by atoms with Gasteiger partial charge in [-0.15, -0.1) is 0 Å². The maximum Gasteiger partial charge on any atom is 0.165 e. The first-order valence-electron chi connectivity index (χ1n) is 7.00. The van der Waals surface area contributed by atoms with E-state index in [4.69, 9.17) is 4.74 Å². The third kappa shape index (κ3) is 5.21. The molecule has 0 radical (unpaired) electrons. The fourth-order valence-corrected chi connectivity index (χ4v) is 1.85. The topological polar surface area (TPSA) is 43.4 Å². The van der Waals surface area contributed by atoms with Crippen LogP contribution in [0.25, 0.3) is 0 Å². The summed E-state index contributed by atoms with van der Waals surface area (Å²) in [6.45, 7) is 3.94. The van der Waals surface area contributed by atoms with Crippen LogP contribution in [0.4, 0.5) is 4.39 Å². The van der Waals surface area contributed by atoms with Gasteiger partial charge in [-0.2, -0.15) is 0 Å². The molecule has 1 atom stereocenters. The lowest BCUT2D eigenvalue weighted by Crippen LogP contribution is -2.16. The van der Waals surface area contributed by atoms with Crippen LogP contribution in [-0.2, 0) is 14.3 Å². The molecule has 0 aromatic heterocycles. The number of halogens is 1. The minimum atomic E-state index is -0.669. The van der Waals surface area contributed by atoms with Crippen molar-refractivity contribution in [2.24, 2.45) is 0 Å². The molecule has 0 aliphatic carbocycles. The van der Waals surface area contributed by atoms with E-state index >= 15 is 0 Å². The lowest BCUT2D eigenvalue weighted by atomic mass is 10.0. The number of carbonyl (C=O) groups is 2. The summed E-state index contributed by atoms with van der Waals surface area (Å²) in [6, 6.07) is 5.75. The zero-order valence-corrected chi connectivity index (χ0v) is 12.0. The van der Waals surface area contributed by atoms with Crippen LogP contribution in [-0.4, -0.2) is 18.2 Å². The summed E-state index contributed by atoms with van der Waals surface area (Å²) in [6.07, 6.45) is 1.27. The van der Waals surface area contributed by atoms with Crippen molar-refractivity contribution in [1.82, 2.24) is 0 Å². The maximum atomic E-state index is 12.9. The SMILES string of the molecule is CCC(=O)CCCOC(C(=O)CC)c1ccc(F)cc1. The molecular weight excluding hydrogens is 259 g/mol. The van der Waals surface area contributed by atoms with Crippen molar-refractivity contribution in [3.8, 4) is 0 Å². The van der Waals surface area contributed by atoms with E-state index in [1.807, 2.05) is 6.92 Å². The van der Waals surface area contributed by atoms with Gasteiger partial charge in [-0.25, -0.2) is 4.39 Å². The van der Waals surface area contributed by atoms with E-state index in [1.165, 1.54) is 12.1 Å². The summed E-state index contributed by atoms with van der Waals surface area (Å²) in [5, 5.41) is 0. The number of hydrogen-bond acceptors (Lipinski definition) is 3. The number of carbonyl (C=O) groups excluding carboxylic acids is 2. The second-order valence-corrected chi connectivity index (χ2v) is 4.62. The Kier molecular flexibility index (Phi) is 7.09. The Hall–Kier alpha value is -1.55. The monoisotopic (exact) mass is 280 g/mol. The molecule has 0 saturated carbocycles. The summed E-state index contributed by atoms with van der Waals surface area (Å²) in [7, 11) is 0. The molecule has 4 heteroatoms. The van der Waals surface area contributed by atoms with Gasteiger partial charge in [0.2, 0.25) is 0 Å². The third-order valence-corrected chi connectivity index (χ3v) is 3.09. The van der Waals surface area contributed by atoms with Crippen LogP contribution < -0.4 is 0 Å². The molecule has 0 spiro atoms. The predicted octanol–water partition coefficient (Wildman–Crippen LogP) is 3.62. The summed E-state index contributed by atoms with van der Waals surface area (Å²) >= 11 is 0. The largest absolute Gasteiger partial charge is 0.366 e. The number of rotatable bonds is 9. The van der Waals surface area contributed by atoms with Crippen molar-refractivity contribution < 1.29 is 18.7 Å². The fourth-order valence-electron chi connectivity index (χ4n) is 1.85. The molecule has 0 N–H and O–H groups in total. The molecule has 0 bridgehead atoms. The highest BCUT2D eigenvalue weighted by atomic mass is 19.1. The molecule has 0 heterocycles. The van der Waals surface area contributed by atoms with Gasteiger partial charge in [0.05, 0.1) is 0 Å². The molecule has 0 fully saturated rings. The number of hydrogen-bond donors (Lipinski definition) is 0. The number of ketones is 2. The fraction of sp³-hybridized carbons (Fsp3) is 0.500. The first-order valence-corrected chi connectivity index (χ1v) is 7.00. The Balaban J connectivity index is 2.59.